The molecular weight excluding hydrogens is 433 g/mol. The van der Waals surface area contributed by atoms with Crippen LogP contribution in [0.1, 0.15) is 12.1 Å². The maximum Gasteiger partial charge on any atom is 0.433 e. The van der Waals surface area contributed by atoms with Crippen molar-refractivity contribution < 1.29 is 22.0 Å². The number of aromatic nitrogens is 5. The van der Waals surface area contributed by atoms with Gasteiger partial charge in [-0.15, -0.1) is 0 Å². The topological polar surface area (TPSA) is 63.0 Å². The maximum absolute atomic E-state index is 13.0. The molecule has 7 nitrogen and oxygen atoms in total. The average molecular weight is 453 g/mol. The monoisotopic (exact) mass is 453 g/mol. The SMILES string of the molecule is FC(F)Cn1ncc2ncc(N3CC4CCN(c5ccnc(C(F)(F)F)c5)CC4C3)nc21. The number of hydrogen-bond acceptors (Lipinski definition) is 6. The fourth-order valence-electron chi connectivity index (χ4n) is 4.62. The van der Waals surface area contributed by atoms with E-state index in [9.17, 15) is 22.0 Å². The highest BCUT2D eigenvalue weighted by molar-refractivity contribution is 5.71. The van der Waals surface area contributed by atoms with Crippen LogP contribution in [-0.2, 0) is 12.7 Å². The number of hydrogen-bond donors (Lipinski definition) is 0. The summed E-state index contributed by atoms with van der Waals surface area (Å²) in [6.45, 7) is 2.14. The van der Waals surface area contributed by atoms with Crippen molar-refractivity contribution in [3.05, 3.63) is 36.4 Å². The second-order valence-electron chi connectivity index (χ2n) is 8.21. The van der Waals surface area contributed by atoms with Crippen LogP contribution in [0.3, 0.4) is 0 Å². The molecule has 2 saturated heterocycles. The van der Waals surface area contributed by atoms with Crippen LogP contribution in [0.5, 0.6) is 0 Å². The van der Waals surface area contributed by atoms with E-state index in [0.29, 0.717) is 48.2 Å². The van der Waals surface area contributed by atoms with Gasteiger partial charge in [0.2, 0.25) is 0 Å². The third-order valence-electron chi connectivity index (χ3n) is 6.17. The number of halogens is 5. The minimum Gasteiger partial charge on any atom is -0.371 e. The van der Waals surface area contributed by atoms with E-state index < -0.39 is 24.8 Å². The van der Waals surface area contributed by atoms with Crippen molar-refractivity contribution in [1.82, 2.24) is 24.7 Å². The molecule has 3 aromatic heterocycles. The van der Waals surface area contributed by atoms with E-state index in [1.54, 1.807) is 12.3 Å². The summed E-state index contributed by atoms with van der Waals surface area (Å²) in [5.74, 6) is 1.21. The quantitative estimate of drug-likeness (QED) is 0.564. The predicted molar refractivity (Wildman–Crippen MR) is 107 cm³/mol. The van der Waals surface area contributed by atoms with E-state index in [4.69, 9.17) is 0 Å². The van der Waals surface area contributed by atoms with Gasteiger partial charge in [0.25, 0.3) is 6.43 Å². The number of rotatable bonds is 4. The lowest BCUT2D eigenvalue weighted by Crippen LogP contribution is -2.40. The fraction of sp³-hybridized carbons (Fsp3) is 0.500. The smallest absolute Gasteiger partial charge is 0.371 e. The van der Waals surface area contributed by atoms with E-state index in [1.807, 2.05) is 4.90 Å². The van der Waals surface area contributed by atoms with E-state index in [1.165, 1.54) is 12.4 Å². The fourth-order valence-corrected chi connectivity index (χ4v) is 4.62. The van der Waals surface area contributed by atoms with Gasteiger partial charge in [0.15, 0.2) is 5.65 Å². The molecule has 32 heavy (non-hydrogen) atoms. The molecular formula is C20H20F5N7. The van der Waals surface area contributed by atoms with Crippen molar-refractivity contribution >= 4 is 22.7 Å². The van der Waals surface area contributed by atoms with Crippen molar-refractivity contribution in [2.24, 2.45) is 11.8 Å². The van der Waals surface area contributed by atoms with Crippen molar-refractivity contribution in [1.29, 1.82) is 0 Å². The molecule has 0 saturated carbocycles. The zero-order valence-electron chi connectivity index (χ0n) is 16.9. The highest BCUT2D eigenvalue weighted by Crippen LogP contribution is 2.36. The Morgan fingerprint density at radius 2 is 1.81 bits per heavy atom. The molecule has 5 heterocycles. The summed E-state index contributed by atoms with van der Waals surface area (Å²) in [5, 5.41) is 3.94. The lowest BCUT2D eigenvalue weighted by atomic mass is 9.88. The summed E-state index contributed by atoms with van der Waals surface area (Å²) < 4.78 is 65.8. The normalized spacial score (nSPS) is 21.6. The Labute approximate surface area is 179 Å². The van der Waals surface area contributed by atoms with Gasteiger partial charge in [-0.1, -0.05) is 0 Å². The zero-order valence-corrected chi connectivity index (χ0v) is 16.9. The Morgan fingerprint density at radius 3 is 2.59 bits per heavy atom. The first-order valence-corrected chi connectivity index (χ1v) is 10.3. The molecule has 0 radical (unpaired) electrons. The van der Waals surface area contributed by atoms with Gasteiger partial charge in [-0.05, 0) is 30.4 Å². The third-order valence-corrected chi connectivity index (χ3v) is 6.17. The molecule has 2 aliphatic rings. The molecule has 0 aromatic carbocycles. The van der Waals surface area contributed by atoms with Crippen LogP contribution in [0.2, 0.25) is 0 Å². The van der Waals surface area contributed by atoms with Crippen LogP contribution in [-0.4, -0.2) is 57.3 Å². The molecule has 0 bridgehead atoms. The van der Waals surface area contributed by atoms with Gasteiger partial charge in [-0.3, -0.25) is 4.98 Å². The predicted octanol–water partition coefficient (Wildman–Crippen LogP) is 3.47. The van der Waals surface area contributed by atoms with Gasteiger partial charge in [-0.2, -0.15) is 18.3 Å². The summed E-state index contributed by atoms with van der Waals surface area (Å²) in [5.41, 5.74) is 0.390. The first-order chi connectivity index (χ1) is 15.3. The number of alkyl halides is 5. The average Bonchev–Trinajstić information content (AvgIpc) is 3.36. The first-order valence-electron chi connectivity index (χ1n) is 10.3. The largest absolute Gasteiger partial charge is 0.433 e. The van der Waals surface area contributed by atoms with Gasteiger partial charge >= 0.3 is 6.18 Å². The molecule has 2 fully saturated rings. The van der Waals surface area contributed by atoms with E-state index in [2.05, 4.69) is 25.0 Å². The van der Waals surface area contributed by atoms with Crippen LogP contribution >= 0.6 is 0 Å². The number of pyridine rings is 1. The maximum atomic E-state index is 13.0. The molecule has 2 aliphatic heterocycles. The third kappa shape index (κ3) is 3.93. The van der Waals surface area contributed by atoms with Crippen molar-refractivity contribution in [3.8, 4) is 0 Å². The van der Waals surface area contributed by atoms with E-state index in [0.717, 1.165) is 23.7 Å². The van der Waals surface area contributed by atoms with E-state index in [-0.39, 0.29) is 5.92 Å². The Hall–Kier alpha value is -3.05. The molecule has 2 atom stereocenters. The van der Waals surface area contributed by atoms with Crippen LogP contribution < -0.4 is 9.80 Å². The van der Waals surface area contributed by atoms with Crippen molar-refractivity contribution in [2.45, 2.75) is 25.6 Å². The molecule has 170 valence electrons. The van der Waals surface area contributed by atoms with Gasteiger partial charge in [-0.25, -0.2) is 23.4 Å². The number of fused-ring (bicyclic) bond motifs is 2. The second kappa shape index (κ2) is 7.82. The standard InChI is InChI=1S/C20H20F5N7/c21-17(22)11-32-19-15(6-28-32)27-7-18(29-19)31-8-12-2-4-30(9-13(12)10-31)14-1-3-26-16(5-14)20(23,24)25/h1,3,5-7,12-13,17H,2,4,8-11H2. The van der Waals surface area contributed by atoms with Crippen LogP contribution in [0.4, 0.5) is 33.5 Å². The molecule has 0 aliphatic carbocycles. The van der Waals surface area contributed by atoms with Gasteiger partial charge in [0.1, 0.15) is 23.6 Å². The second-order valence-corrected chi connectivity index (χ2v) is 8.21. The van der Waals surface area contributed by atoms with Crippen molar-refractivity contribution in [3.63, 3.8) is 0 Å². The zero-order chi connectivity index (χ0) is 22.5. The molecule has 12 heteroatoms. The molecule has 0 spiro atoms. The summed E-state index contributed by atoms with van der Waals surface area (Å²) in [6, 6.07) is 2.70. The number of nitrogens with zero attached hydrogens (tertiary/aromatic N) is 7. The van der Waals surface area contributed by atoms with Gasteiger partial charge < -0.3 is 9.80 Å². The summed E-state index contributed by atoms with van der Waals surface area (Å²) >= 11 is 0. The van der Waals surface area contributed by atoms with Gasteiger partial charge in [0.05, 0.1) is 12.4 Å². The van der Waals surface area contributed by atoms with Crippen LogP contribution in [0.25, 0.3) is 11.2 Å². The minimum atomic E-state index is -4.48. The Kier molecular flexibility index (Phi) is 5.09. The Morgan fingerprint density at radius 1 is 1.03 bits per heavy atom. The Bertz CT molecular complexity index is 1120. The molecule has 2 unspecified atom stereocenters. The van der Waals surface area contributed by atoms with Crippen LogP contribution in [0.15, 0.2) is 30.7 Å². The summed E-state index contributed by atoms with van der Waals surface area (Å²) in [4.78, 5) is 16.3. The highest BCUT2D eigenvalue weighted by Gasteiger charge is 2.39. The molecule has 3 aromatic rings. The lowest BCUT2D eigenvalue weighted by Gasteiger charge is -2.35. The highest BCUT2D eigenvalue weighted by atomic mass is 19.4. The first kappa shape index (κ1) is 20.8. The minimum absolute atomic E-state index is 0.245. The van der Waals surface area contributed by atoms with Gasteiger partial charge in [0, 0.05) is 38.1 Å². The molecule has 0 N–H and O–H groups in total. The molecule has 0 amide bonds. The molecule has 5 rings (SSSR count). The number of piperidine rings is 1. The summed E-state index contributed by atoms with van der Waals surface area (Å²) in [7, 11) is 0. The Balaban J connectivity index is 1.32. The lowest BCUT2D eigenvalue weighted by molar-refractivity contribution is -0.141. The van der Waals surface area contributed by atoms with Crippen molar-refractivity contribution in [2.75, 3.05) is 36.0 Å². The summed E-state index contributed by atoms with van der Waals surface area (Å²) in [6.07, 6.45) is -1.96. The number of anilines is 2. The van der Waals surface area contributed by atoms with Crippen LogP contribution in [0, 0.1) is 11.8 Å². The van der Waals surface area contributed by atoms with E-state index >= 15 is 0 Å².